The van der Waals surface area contributed by atoms with Crippen LogP contribution in [0.3, 0.4) is 0 Å². The zero-order valence-corrected chi connectivity index (χ0v) is 23.6. The number of benzene rings is 3. The Morgan fingerprint density at radius 1 is 1.20 bits per heavy atom. The molecule has 0 aromatic heterocycles. The van der Waals surface area contributed by atoms with Crippen molar-refractivity contribution in [1.82, 2.24) is 5.32 Å². The van der Waals surface area contributed by atoms with E-state index < -0.39 is 34.9 Å². The van der Waals surface area contributed by atoms with E-state index in [1.165, 1.54) is 25.1 Å². The number of hydrogen-bond acceptors (Lipinski definition) is 6. The van der Waals surface area contributed by atoms with E-state index in [9.17, 15) is 15.5 Å². The number of aliphatic hydroxyl groups is 2. The van der Waals surface area contributed by atoms with Crippen molar-refractivity contribution in [3.8, 4) is 28.7 Å². The molecule has 1 saturated carbocycles. The summed E-state index contributed by atoms with van der Waals surface area (Å²) in [5.74, 6) is -1.98. The van der Waals surface area contributed by atoms with Crippen LogP contribution in [0.4, 0.5) is 8.78 Å². The molecule has 6 rings (SSSR count). The summed E-state index contributed by atoms with van der Waals surface area (Å²) in [4.78, 5) is 0. The molecule has 2 aliphatic carbocycles. The highest BCUT2D eigenvalue weighted by Gasteiger charge is 2.60. The highest BCUT2D eigenvalue weighted by atomic mass is 35.5. The Labute approximate surface area is 242 Å². The lowest BCUT2D eigenvalue weighted by atomic mass is 9.61. The van der Waals surface area contributed by atoms with Gasteiger partial charge < -0.3 is 25.0 Å². The summed E-state index contributed by atoms with van der Waals surface area (Å²) in [5.41, 5.74) is 0.759. The van der Waals surface area contributed by atoms with Crippen LogP contribution in [-0.4, -0.2) is 41.1 Å². The Hall–Kier alpha value is -3.22. The maximum absolute atomic E-state index is 16.1. The number of nitriles is 1. The fourth-order valence-electron chi connectivity index (χ4n) is 6.58. The smallest absolute Gasteiger partial charge is 0.174 e. The molecule has 41 heavy (non-hydrogen) atoms. The van der Waals surface area contributed by atoms with E-state index in [0.717, 1.165) is 24.0 Å². The Balaban J connectivity index is 1.46. The van der Waals surface area contributed by atoms with E-state index >= 15 is 8.78 Å². The topological polar surface area (TPSA) is 94.7 Å². The average Bonchev–Trinajstić information content (AvgIpc) is 3.21. The number of fused-ring (bicyclic) bond motifs is 6. The van der Waals surface area contributed by atoms with E-state index in [4.69, 9.17) is 21.1 Å². The minimum Gasteiger partial charge on any atom is -0.488 e. The van der Waals surface area contributed by atoms with Crippen LogP contribution in [0.2, 0.25) is 5.02 Å². The Morgan fingerprint density at radius 3 is 2.63 bits per heavy atom. The molecule has 0 unspecified atom stereocenters. The van der Waals surface area contributed by atoms with E-state index in [-0.39, 0.29) is 45.9 Å². The molecule has 0 bridgehead atoms. The first-order valence-electron chi connectivity index (χ1n) is 13.9. The van der Waals surface area contributed by atoms with Crippen LogP contribution >= 0.6 is 11.6 Å². The number of hydrogen-bond donors (Lipinski definition) is 3. The van der Waals surface area contributed by atoms with Crippen molar-refractivity contribution in [2.24, 2.45) is 0 Å². The van der Waals surface area contributed by atoms with Gasteiger partial charge >= 0.3 is 0 Å². The van der Waals surface area contributed by atoms with E-state index in [1.807, 2.05) is 37.3 Å². The van der Waals surface area contributed by atoms with Gasteiger partial charge in [0.2, 0.25) is 0 Å². The Kier molecular flexibility index (Phi) is 6.98. The standard InChI is InChI=1S/C32H31ClF2N2O4/c1-17(38)15-40-23-8-7-18(14-36)25(30(23)35)27-26-24(13-22(34)29(27)33)41-32(21-6-4-3-5-20(21)28(26)32)16-37-19-9-11-31(2,39)12-10-19/h3-8,13,17,19,28,37-39H,9-12,15-16H2,1-2H3/t17-,19-,28-,31-,32+/m0/s1. The minimum absolute atomic E-state index is 0.0286. The number of aliphatic hydroxyl groups excluding tert-OH is 1. The van der Waals surface area contributed by atoms with Crippen molar-refractivity contribution in [3.63, 3.8) is 0 Å². The molecule has 214 valence electrons. The normalized spacial score (nSPS) is 26.6. The van der Waals surface area contributed by atoms with Crippen LogP contribution in [0, 0.1) is 23.0 Å². The fourth-order valence-corrected chi connectivity index (χ4v) is 6.83. The summed E-state index contributed by atoms with van der Waals surface area (Å²) in [7, 11) is 0. The van der Waals surface area contributed by atoms with Crippen LogP contribution in [-0.2, 0) is 5.60 Å². The van der Waals surface area contributed by atoms with Gasteiger partial charge in [-0.25, -0.2) is 8.78 Å². The largest absolute Gasteiger partial charge is 0.488 e. The van der Waals surface area contributed by atoms with Gasteiger partial charge in [0.15, 0.2) is 17.2 Å². The third kappa shape index (κ3) is 4.56. The Bertz CT molecular complexity index is 1560. The molecule has 3 atom stereocenters. The predicted molar refractivity (Wildman–Crippen MR) is 150 cm³/mol. The second-order valence-electron chi connectivity index (χ2n) is 11.7. The summed E-state index contributed by atoms with van der Waals surface area (Å²) in [5, 5.41) is 33.3. The van der Waals surface area contributed by atoms with Crippen molar-refractivity contribution in [2.45, 2.75) is 68.8 Å². The molecule has 6 nitrogen and oxygen atoms in total. The first kappa shape index (κ1) is 27.9. The first-order valence-corrected chi connectivity index (χ1v) is 14.2. The predicted octanol–water partition coefficient (Wildman–Crippen LogP) is 5.93. The lowest BCUT2D eigenvalue weighted by Gasteiger charge is -2.47. The van der Waals surface area contributed by atoms with Crippen molar-refractivity contribution < 1.29 is 28.5 Å². The summed E-state index contributed by atoms with van der Waals surface area (Å²) in [6.45, 7) is 3.62. The highest BCUT2D eigenvalue weighted by molar-refractivity contribution is 6.34. The van der Waals surface area contributed by atoms with E-state index in [0.29, 0.717) is 24.9 Å². The highest BCUT2D eigenvalue weighted by Crippen LogP contribution is 2.65. The number of nitrogens with one attached hydrogen (secondary N) is 1. The van der Waals surface area contributed by atoms with E-state index in [2.05, 4.69) is 5.32 Å². The van der Waals surface area contributed by atoms with Crippen LogP contribution in [0.25, 0.3) is 11.1 Å². The molecule has 1 heterocycles. The molecular formula is C32H31ClF2N2O4. The van der Waals surface area contributed by atoms with Gasteiger partial charge in [-0.1, -0.05) is 35.9 Å². The van der Waals surface area contributed by atoms with Gasteiger partial charge in [-0.15, -0.1) is 0 Å². The summed E-state index contributed by atoms with van der Waals surface area (Å²) >= 11 is 6.60. The van der Waals surface area contributed by atoms with Gasteiger partial charge in [-0.05, 0) is 57.2 Å². The monoisotopic (exact) mass is 580 g/mol. The van der Waals surface area contributed by atoms with Crippen LogP contribution < -0.4 is 14.8 Å². The second kappa shape index (κ2) is 10.2. The fraction of sp³-hybridized carbons (Fsp3) is 0.406. The van der Waals surface area contributed by atoms with Crippen molar-refractivity contribution >= 4 is 11.6 Å². The number of ether oxygens (including phenoxy) is 2. The van der Waals surface area contributed by atoms with E-state index in [1.54, 1.807) is 0 Å². The van der Waals surface area contributed by atoms with Gasteiger partial charge in [-0.2, -0.15) is 5.26 Å². The molecule has 3 aromatic rings. The zero-order valence-electron chi connectivity index (χ0n) is 22.8. The number of nitrogens with zero attached hydrogens (tertiary/aromatic N) is 1. The van der Waals surface area contributed by atoms with Crippen LogP contribution in [0.1, 0.15) is 67.7 Å². The quantitative estimate of drug-likeness (QED) is 0.320. The lowest BCUT2D eigenvalue weighted by molar-refractivity contribution is 0.00653. The third-order valence-corrected chi connectivity index (χ3v) is 9.04. The molecule has 1 fully saturated rings. The molecule has 9 heteroatoms. The molecule has 3 N–H and O–H groups in total. The molecule has 0 saturated heterocycles. The van der Waals surface area contributed by atoms with Gasteiger partial charge in [0, 0.05) is 40.9 Å². The molecular weight excluding hydrogens is 550 g/mol. The van der Waals surface area contributed by atoms with Gasteiger partial charge in [0.25, 0.3) is 0 Å². The molecule has 0 radical (unpaired) electrons. The minimum atomic E-state index is -0.880. The summed E-state index contributed by atoms with van der Waals surface area (Å²) in [6, 6.07) is 13.9. The lowest BCUT2D eigenvalue weighted by Crippen LogP contribution is -2.54. The van der Waals surface area contributed by atoms with Crippen molar-refractivity contribution in [3.05, 3.63) is 81.4 Å². The van der Waals surface area contributed by atoms with Crippen LogP contribution in [0.5, 0.6) is 11.5 Å². The number of halogens is 3. The van der Waals surface area contributed by atoms with Gasteiger partial charge in [-0.3, -0.25) is 0 Å². The van der Waals surface area contributed by atoms with Crippen molar-refractivity contribution in [1.29, 1.82) is 5.26 Å². The second-order valence-corrected chi connectivity index (χ2v) is 12.1. The molecule has 3 aromatic carbocycles. The summed E-state index contributed by atoms with van der Waals surface area (Å²) < 4.78 is 43.6. The average molecular weight is 581 g/mol. The van der Waals surface area contributed by atoms with Crippen molar-refractivity contribution in [2.75, 3.05) is 13.2 Å². The molecule has 0 spiro atoms. The molecule has 3 aliphatic rings. The summed E-state index contributed by atoms with van der Waals surface area (Å²) in [6.07, 6.45) is 2.15. The SMILES string of the molecule is C[C@H](O)COc1ccc(C#N)c(-c2c(Cl)c(F)cc3c2[C@@H]2c4ccccc4[C@@]2(CN[C@H]2CC[C@](C)(O)CC2)O3)c1F. The number of rotatable bonds is 7. The maximum atomic E-state index is 16.1. The zero-order chi connectivity index (χ0) is 29.1. The van der Waals surface area contributed by atoms with Gasteiger partial charge in [0.05, 0.1) is 34.3 Å². The maximum Gasteiger partial charge on any atom is 0.174 e. The third-order valence-electron chi connectivity index (χ3n) is 8.67. The first-order chi connectivity index (χ1) is 19.6. The Morgan fingerprint density at radius 2 is 1.93 bits per heavy atom. The van der Waals surface area contributed by atoms with Gasteiger partial charge in [0.1, 0.15) is 18.2 Å². The van der Waals surface area contributed by atoms with Crippen LogP contribution in [0.15, 0.2) is 42.5 Å². The molecule has 1 aliphatic heterocycles. The molecule has 0 amide bonds.